The van der Waals surface area contributed by atoms with Crippen molar-refractivity contribution in [3.8, 4) is 0 Å². The summed E-state index contributed by atoms with van der Waals surface area (Å²) in [6, 6.07) is 1.88. The van der Waals surface area contributed by atoms with Gasteiger partial charge in [0.05, 0.1) is 11.5 Å². The van der Waals surface area contributed by atoms with Crippen LogP contribution in [0.15, 0.2) is 12.3 Å². The summed E-state index contributed by atoms with van der Waals surface area (Å²) >= 11 is 0. The number of hydrogen-bond donors (Lipinski definition) is 1. The van der Waals surface area contributed by atoms with Crippen molar-refractivity contribution in [1.82, 2.24) is 9.97 Å². The summed E-state index contributed by atoms with van der Waals surface area (Å²) in [6.07, 6.45) is 3.73. The zero-order valence-electron chi connectivity index (χ0n) is 10.1. The molecule has 1 aromatic heterocycles. The van der Waals surface area contributed by atoms with Gasteiger partial charge in [-0.25, -0.2) is 18.4 Å². The number of aromatic nitrogens is 2. The van der Waals surface area contributed by atoms with E-state index in [9.17, 15) is 8.42 Å². The highest BCUT2D eigenvalue weighted by atomic mass is 35.5. The van der Waals surface area contributed by atoms with Gasteiger partial charge in [-0.15, -0.1) is 12.4 Å². The molecule has 0 atom stereocenters. The van der Waals surface area contributed by atoms with Crippen LogP contribution in [0, 0.1) is 0 Å². The molecule has 0 radical (unpaired) electrons. The molecule has 102 valence electrons. The van der Waals surface area contributed by atoms with Crippen LogP contribution in [0.25, 0.3) is 0 Å². The van der Waals surface area contributed by atoms with Crippen molar-refractivity contribution in [2.24, 2.45) is 5.73 Å². The average Bonchev–Trinajstić information content (AvgIpc) is 2.30. The van der Waals surface area contributed by atoms with Crippen molar-refractivity contribution >= 4 is 22.2 Å². The lowest BCUT2D eigenvalue weighted by Gasteiger charge is -2.21. The number of rotatable bonds is 3. The first-order valence-electron chi connectivity index (χ1n) is 5.83. The molecule has 1 fully saturated rings. The zero-order chi connectivity index (χ0) is 12.3. The Morgan fingerprint density at radius 2 is 2.00 bits per heavy atom. The van der Waals surface area contributed by atoms with E-state index in [1.54, 1.807) is 6.20 Å². The third-order valence-electron chi connectivity index (χ3n) is 3.07. The highest BCUT2D eigenvalue weighted by molar-refractivity contribution is 7.91. The predicted molar refractivity (Wildman–Crippen MR) is 72.7 cm³/mol. The fourth-order valence-corrected chi connectivity index (χ4v) is 3.57. The van der Waals surface area contributed by atoms with Gasteiger partial charge in [0, 0.05) is 24.2 Å². The van der Waals surface area contributed by atoms with E-state index in [0.717, 1.165) is 11.5 Å². The zero-order valence-corrected chi connectivity index (χ0v) is 11.7. The number of nitrogens with two attached hydrogens (primary N) is 1. The molecule has 0 saturated carbocycles. The lowest BCUT2D eigenvalue weighted by atomic mass is 9.98. The monoisotopic (exact) mass is 291 g/mol. The van der Waals surface area contributed by atoms with E-state index in [-0.39, 0.29) is 29.8 Å². The minimum Gasteiger partial charge on any atom is -0.330 e. The largest absolute Gasteiger partial charge is 0.330 e. The lowest BCUT2D eigenvalue weighted by Crippen LogP contribution is -2.23. The molecule has 0 spiro atoms. The second-order valence-corrected chi connectivity index (χ2v) is 6.67. The third-order valence-corrected chi connectivity index (χ3v) is 4.78. The third kappa shape index (κ3) is 3.90. The Bertz CT molecular complexity index is 479. The van der Waals surface area contributed by atoms with Gasteiger partial charge in [-0.05, 0) is 25.5 Å². The molecule has 0 aliphatic carbocycles. The molecule has 5 nitrogen and oxygen atoms in total. The highest BCUT2D eigenvalue weighted by Gasteiger charge is 2.25. The van der Waals surface area contributed by atoms with Crippen molar-refractivity contribution in [1.29, 1.82) is 0 Å². The van der Waals surface area contributed by atoms with Crippen molar-refractivity contribution in [2.45, 2.75) is 25.2 Å². The van der Waals surface area contributed by atoms with Crippen LogP contribution in [-0.2, 0) is 16.3 Å². The van der Waals surface area contributed by atoms with E-state index >= 15 is 0 Å². The predicted octanol–water partition coefficient (Wildman–Crippen LogP) is 0.692. The van der Waals surface area contributed by atoms with E-state index in [1.807, 2.05) is 6.07 Å². The summed E-state index contributed by atoms with van der Waals surface area (Å²) in [6.45, 7) is 0.530. The van der Waals surface area contributed by atoms with Crippen molar-refractivity contribution < 1.29 is 8.42 Å². The van der Waals surface area contributed by atoms with Crippen LogP contribution < -0.4 is 5.73 Å². The minimum atomic E-state index is -2.81. The Labute approximate surface area is 114 Å². The summed E-state index contributed by atoms with van der Waals surface area (Å²) in [5.74, 6) is 1.54. The van der Waals surface area contributed by atoms with Crippen molar-refractivity contribution in [3.63, 3.8) is 0 Å². The fourth-order valence-electron chi connectivity index (χ4n) is 2.08. The van der Waals surface area contributed by atoms with Crippen LogP contribution in [0.5, 0.6) is 0 Å². The molecule has 18 heavy (non-hydrogen) atoms. The Morgan fingerprint density at radius 1 is 1.33 bits per heavy atom. The van der Waals surface area contributed by atoms with Gasteiger partial charge in [0.15, 0.2) is 0 Å². The molecule has 7 heteroatoms. The smallest absolute Gasteiger partial charge is 0.150 e. The van der Waals surface area contributed by atoms with Crippen LogP contribution in [0.2, 0.25) is 0 Å². The molecule has 0 bridgehead atoms. The number of halogens is 1. The Kier molecular flexibility index (Phi) is 5.49. The normalized spacial score (nSPS) is 19.2. The Balaban J connectivity index is 0.00000162. The van der Waals surface area contributed by atoms with Crippen LogP contribution >= 0.6 is 12.4 Å². The van der Waals surface area contributed by atoms with Gasteiger partial charge in [0.25, 0.3) is 0 Å². The quantitative estimate of drug-likeness (QED) is 0.885. The molecule has 1 aliphatic heterocycles. The molecule has 0 amide bonds. The van der Waals surface area contributed by atoms with Crippen molar-refractivity contribution in [2.75, 3.05) is 18.1 Å². The van der Waals surface area contributed by atoms with Gasteiger partial charge in [0.1, 0.15) is 15.7 Å². The molecule has 1 aliphatic rings. The molecule has 2 rings (SSSR count). The van der Waals surface area contributed by atoms with E-state index in [2.05, 4.69) is 9.97 Å². The van der Waals surface area contributed by atoms with Gasteiger partial charge in [0.2, 0.25) is 0 Å². The molecule has 2 N–H and O–H groups in total. The maximum absolute atomic E-state index is 11.3. The number of nitrogens with zero attached hydrogens (tertiary/aromatic N) is 2. The SMILES string of the molecule is Cl.NCCc1nccc(C2CCS(=O)(=O)CC2)n1. The summed E-state index contributed by atoms with van der Waals surface area (Å²) in [7, 11) is -2.81. The van der Waals surface area contributed by atoms with Crippen LogP contribution in [-0.4, -0.2) is 36.4 Å². The maximum Gasteiger partial charge on any atom is 0.150 e. The first-order valence-corrected chi connectivity index (χ1v) is 7.65. The second-order valence-electron chi connectivity index (χ2n) is 4.36. The molecule has 2 heterocycles. The lowest BCUT2D eigenvalue weighted by molar-refractivity contribution is 0.542. The van der Waals surface area contributed by atoms with Gasteiger partial charge in [-0.3, -0.25) is 0 Å². The fraction of sp³-hybridized carbons (Fsp3) is 0.636. The Hall–Kier alpha value is -0.720. The minimum absolute atomic E-state index is 0. The maximum atomic E-state index is 11.3. The average molecular weight is 292 g/mol. The van der Waals surface area contributed by atoms with Crippen molar-refractivity contribution in [3.05, 3.63) is 23.8 Å². The first-order chi connectivity index (χ1) is 8.11. The van der Waals surface area contributed by atoms with Gasteiger partial charge >= 0.3 is 0 Å². The number of hydrogen-bond acceptors (Lipinski definition) is 5. The summed E-state index contributed by atoms with van der Waals surface area (Å²) in [5.41, 5.74) is 6.42. The van der Waals surface area contributed by atoms with Crippen LogP contribution in [0.4, 0.5) is 0 Å². The molecular formula is C11H18ClN3O2S. The standard InChI is InChI=1S/C11H17N3O2S.ClH/c12-5-1-11-13-6-2-10(14-11)9-3-7-17(15,16)8-4-9;/h2,6,9H,1,3-5,7-8,12H2;1H. The first kappa shape index (κ1) is 15.3. The number of sulfone groups is 1. The van der Waals surface area contributed by atoms with E-state index in [0.29, 0.717) is 25.8 Å². The highest BCUT2D eigenvalue weighted by Crippen LogP contribution is 2.27. The molecular weight excluding hydrogens is 274 g/mol. The van der Waals surface area contributed by atoms with Gasteiger partial charge < -0.3 is 5.73 Å². The van der Waals surface area contributed by atoms with Gasteiger partial charge in [-0.1, -0.05) is 0 Å². The summed E-state index contributed by atoms with van der Waals surface area (Å²) in [5, 5.41) is 0. The summed E-state index contributed by atoms with van der Waals surface area (Å²) < 4.78 is 22.7. The summed E-state index contributed by atoms with van der Waals surface area (Å²) in [4.78, 5) is 8.59. The van der Waals surface area contributed by atoms with E-state index in [4.69, 9.17) is 5.73 Å². The van der Waals surface area contributed by atoms with E-state index < -0.39 is 9.84 Å². The second kappa shape index (κ2) is 6.45. The van der Waals surface area contributed by atoms with E-state index in [1.165, 1.54) is 0 Å². The van der Waals surface area contributed by atoms with Gasteiger partial charge in [-0.2, -0.15) is 0 Å². The molecule has 0 unspecified atom stereocenters. The molecule has 0 aromatic carbocycles. The molecule has 1 aromatic rings. The topological polar surface area (TPSA) is 85.9 Å². The van der Waals surface area contributed by atoms with Crippen LogP contribution in [0.3, 0.4) is 0 Å². The van der Waals surface area contributed by atoms with Crippen LogP contribution in [0.1, 0.15) is 30.3 Å². The molecule has 1 saturated heterocycles. The Morgan fingerprint density at radius 3 is 2.61 bits per heavy atom.